The van der Waals surface area contributed by atoms with E-state index < -0.39 is 0 Å². The standard InChI is InChI=1S/C16H26N4O3/c1-13-12-14(17-6-3-9-21-2)19-15(18-13)20-7-4-16(5-8-20)22-10-11-23-16/h12H,3-11H2,1-2H3,(H,17,18,19). The second-order valence-corrected chi connectivity index (χ2v) is 6.06. The van der Waals surface area contributed by atoms with Crippen LogP contribution in [0.2, 0.25) is 0 Å². The molecule has 128 valence electrons. The molecular formula is C16H26N4O3. The van der Waals surface area contributed by atoms with Gasteiger partial charge in [0.25, 0.3) is 0 Å². The van der Waals surface area contributed by atoms with Gasteiger partial charge in [0.1, 0.15) is 5.82 Å². The van der Waals surface area contributed by atoms with Crippen molar-refractivity contribution in [3.63, 3.8) is 0 Å². The van der Waals surface area contributed by atoms with E-state index in [4.69, 9.17) is 14.2 Å². The number of anilines is 2. The Morgan fingerprint density at radius 3 is 2.70 bits per heavy atom. The normalized spacial score (nSPS) is 20.2. The fourth-order valence-corrected chi connectivity index (χ4v) is 3.05. The number of aryl methyl sites for hydroxylation is 1. The Morgan fingerprint density at radius 2 is 2.00 bits per heavy atom. The van der Waals surface area contributed by atoms with E-state index in [0.29, 0.717) is 13.2 Å². The lowest BCUT2D eigenvalue weighted by Crippen LogP contribution is -2.45. The average molecular weight is 322 g/mol. The first kappa shape index (κ1) is 16.4. The summed E-state index contributed by atoms with van der Waals surface area (Å²) in [5, 5.41) is 3.34. The molecule has 0 aromatic carbocycles. The van der Waals surface area contributed by atoms with Crippen molar-refractivity contribution in [3.8, 4) is 0 Å². The van der Waals surface area contributed by atoms with E-state index in [1.807, 2.05) is 13.0 Å². The highest BCUT2D eigenvalue weighted by molar-refractivity contribution is 5.44. The molecule has 7 nitrogen and oxygen atoms in total. The second kappa shape index (κ2) is 7.42. The van der Waals surface area contributed by atoms with Crippen molar-refractivity contribution in [1.82, 2.24) is 9.97 Å². The molecule has 0 bridgehead atoms. The van der Waals surface area contributed by atoms with E-state index in [0.717, 1.165) is 63.0 Å². The number of rotatable bonds is 6. The maximum atomic E-state index is 5.78. The fourth-order valence-electron chi connectivity index (χ4n) is 3.05. The maximum absolute atomic E-state index is 5.78. The van der Waals surface area contributed by atoms with Gasteiger partial charge in [-0.2, -0.15) is 4.98 Å². The van der Waals surface area contributed by atoms with Gasteiger partial charge >= 0.3 is 0 Å². The molecule has 2 aliphatic heterocycles. The number of ether oxygens (including phenoxy) is 3. The monoisotopic (exact) mass is 322 g/mol. The number of nitrogens with zero attached hydrogens (tertiary/aromatic N) is 3. The third-order valence-corrected chi connectivity index (χ3v) is 4.30. The predicted octanol–water partition coefficient (Wildman–Crippen LogP) is 1.58. The van der Waals surface area contributed by atoms with E-state index in [9.17, 15) is 0 Å². The van der Waals surface area contributed by atoms with E-state index in [2.05, 4.69) is 20.2 Å². The summed E-state index contributed by atoms with van der Waals surface area (Å²) in [7, 11) is 1.72. The predicted molar refractivity (Wildman–Crippen MR) is 87.8 cm³/mol. The molecular weight excluding hydrogens is 296 g/mol. The highest BCUT2D eigenvalue weighted by Crippen LogP contribution is 2.32. The third-order valence-electron chi connectivity index (χ3n) is 4.30. The lowest BCUT2D eigenvalue weighted by molar-refractivity contribution is -0.169. The van der Waals surface area contributed by atoms with Gasteiger partial charge in [0.15, 0.2) is 5.79 Å². The molecule has 1 spiro atoms. The molecule has 1 N–H and O–H groups in total. The van der Waals surface area contributed by atoms with Gasteiger partial charge in [0.05, 0.1) is 13.2 Å². The quantitative estimate of drug-likeness (QED) is 0.797. The molecule has 3 heterocycles. The van der Waals surface area contributed by atoms with Crippen LogP contribution in [0, 0.1) is 6.92 Å². The summed E-state index contributed by atoms with van der Waals surface area (Å²) in [6.45, 7) is 6.71. The number of hydrogen-bond acceptors (Lipinski definition) is 7. The molecule has 1 aromatic heterocycles. The highest BCUT2D eigenvalue weighted by Gasteiger charge is 2.40. The molecule has 3 rings (SSSR count). The minimum absolute atomic E-state index is 0.360. The van der Waals surface area contributed by atoms with Gasteiger partial charge < -0.3 is 24.4 Å². The number of aromatic nitrogens is 2. The van der Waals surface area contributed by atoms with Gasteiger partial charge in [0, 0.05) is 58.0 Å². The van der Waals surface area contributed by atoms with Gasteiger partial charge in [-0.05, 0) is 13.3 Å². The zero-order chi connectivity index (χ0) is 16.1. The summed E-state index contributed by atoms with van der Waals surface area (Å²) >= 11 is 0. The van der Waals surface area contributed by atoms with Crippen molar-refractivity contribution in [3.05, 3.63) is 11.8 Å². The number of hydrogen-bond donors (Lipinski definition) is 1. The molecule has 2 fully saturated rings. The molecule has 0 radical (unpaired) electrons. The Balaban J connectivity index is 1.60. The van der Waals surface area contributed by atoms with Crippen molar-refractivity contribution < 1.29 is 14.2 Å². The van der Waals surface area contributed by atoms with Crippen molar-refractivity contribution in [2.45, 2.75) is 32.0 Å². The van der Waals surface area contributed by atoms with Gasteiger partial charge in [-0.15, -0.1) is 0 Å². The first-order valence-corrected chi connectivity index (χ1v) is 8.32. The van der Waals surface area contributed by atoms with Crippen molar-refractivity contribution in [2.24, 2.45) is 0 Å². The fraction of sp³-hybridized carbons (Fsp3) is 0.750. The number of piperidine rings is 1. The summed E-state index contributed by atoms with van der Waals surface area (Å²) in [5.74, 6) is 1.30. The van der Waals surface area contributed by atoms with Gasteiger partial charge in [-0.25, -0.2) is 4.98 Å². The molecule has 23 heavy (non-hydrogen) atoms. The Labute approximate surface area is 137 Å². The molecule has 0 aliphatic carbocycles. The minimum atomic E-state index is -0.360. The SMILES string of the molecule is COCCCNc1cc(C)nc(N2CCC3(CC2)OCCO3)n1. The van der Waals surface area contributed by atoms with Crippen LogP contribution in [-0.2, 0) is 14.2 Å². The van der Waals surface area contributed by atoms with Crippen LogP contribution in [0.15, 0.2) is 6.07 Å². The Morgan fingerprint density at radius 1 is 1.26 bits per heavy atom. The van der Waals surface area contributed by atoms with Gasteiger partial charge in [0.2, 0.25) is 5.95 Å². The smallest absolute Gasteiger partial charge is 0.227 e. The summed E-state index contributed by atoms with van der Waals surface area (Å²) in [4.78, 5) is 11.4. The average Bonchev–Trinajstić information content (AvgIpc) is 3.00. The van der Waals surface area contributed by atoms with E-state index in [-0.39, 0.29) is 5.79 Å². The van der Waals surface area contributed by atoms with Crippen molar-refractivity contribution >= 4 is 11.8 Å². The summed E-state index contributed by atoms with van der Waals surface area (Å²) in [6, 6.07) is 1.98. The summed E-state index contributed by atoms with van der Waals surface area (Å²) in [5.41, 5.74) is 0.970. The van der Waals surface area contributed by atoms with Crippen molar-refractivity contribution in [1.29, 1.82) is 0 Å². The Bertz CT molecular complexity index is 510. The van der Waals surface area contributed by atoms with Gasteiger partial charge in [-0.3, -0.25) is 0 Å². The molecule has 7 heteroatoms. The summed E-state index contributed by atoms with van der Waals surface area (Å²) in [6.07, 6.45) is 2.68. The van der Waals surface area contributed by atoms with Gasteiger partial charge in [-0.1, -0.05) is 0 Å². The van der Waals surface area contributed by atoms with E-state index >= 15 is 0 Å². The first-order chi connectivity index (χ1) is 11.2. The van der Waals surface area contributed by atoms with E-state index in [1.165, 1.54) is 0 Å². The second-order valence-electron chi connectivity index (χ2n) is 6.06. The van der Waals surface area contributed by atoms with Crippen LogP contribution in [0.4, 0.5) is 11.8 Å². The maximum Gasteiger partial charge on any atom is 0.227 e. The largest absolute Gasteiger partial charge is 0.385 e. The zero-order valence-electron chi connectivity index (χ0n) is 14.0. The lowest BCUT2D eigenvalue weighted by atomic mass is 10.0. The molecule has 0 saturated carbocycles. The molecule has 2 saturated heterocycles. The van der Waals surface area contributed by atoms with Crippen LogP contribution in [0.5, 0.6) is 0 Å². The van der Waals surface area contributed by atoms with E-state index in [1.54, 1.807) is 7.11 Å². The number of nitrogens with one attached hydrogen (secondary N) is 1. The van der Waals surface area contributed by atoms with Crippen LogP contribution >= 0.6 is 0 Å². The van der Waals surface area contributed by atoms with Crippen LogP contribution in [-0.4, -0.2) is 62.3 Å². The first-order valence-electron chi connectivity index (χ1n) is 8.32. The Kier molecular flexibility index (Phi) is 5.30. The number of methoxy groups -OCH3 is 1. The molecule has 2 aliphatic rings. The van der Waals surface area contributed by atoms with Crippen LogP contribution < -0.4 is 10.2 Å². The molecule has 1 aromatic rings. The molecule has 0 unspecified atom stereocenters. The van der Waals surface area contributed by atoms with Crippen LogP contribution in [0.3, 0.4) is 0 Å². The topological polar surface area (TPSA) is 68.7 Å². The molecule has 0 amide bonds. The Hall–Kier alpha value is -1.44. The minimum Gasteiger partial charge on any atom is -0.385 e. The summed E-state index contributed by atoms with van der Waals surface area (Å²) < 4.78 is 16.6. The highest BCUT2D eigenvalue weighted by atomic mass is 16.7. The molecule has 0 atom stereocenters. The zero-order valence-corrected chi connectivity index (χ0v) is 14.0. The van der Waals surface area contributed by atoms with Crippen LogP contribution in [0.25, 0.3) is 0 Å². The lowest BCUT2D eigenvalue weighted by Gasteiger charge is -2.37. The van der Waals surface area contributed by atoms with Crippen LogP contribution in [0.1, 0.15) is 25.0 Å². The third kappa shape index (κ3) is 4.10. The van der Waals surface area contributed by atoms with Crippen molar-refractivity contribution in [2.75, 3.05) is 56.8 Å².